The maximum atomic E-state index is 13.3. The Hall–Kier alpha value is -1.00. The molecule has 1 aliphatic rings. The van der Waals surface area contributed by atoms with Crippen LogP contribution in [0.2, 0.25) is 0 Å². The normalized spacial score (nSPS) is 25.3. The van der Waals surface area contributed by atoms with Crippen LogP contribution >= 0.6 is 0 Å². The first kappa shape index (κ1) is 14.4. The molecule has 1 aromatic carbocycles. The van der Waals surface area contributed by atoms with Crippen LogP contribution in [0, 0.1) is 23.5 Å². The lowest BCUT2D eigenvalue weighted by Gasteiger charge is -2.33. The van der Waals surface area contributed by atoms with Crippen molar-refractivity contribution >= 4 is 0 Å². The van der Waals surface area contributed by atoms with Crippen LogP contribution in [0.1, 0.15) is 50.6 Å². The summed E-state index contributed by atoms with van der Waals surface area (Å²) in [6, 6.07) is 3.96. The van der Waals surface area contributed by atoms with Crippen molar-refractivity contribution in [2.75, 3.05) is 0 Å². The lowest BCUT2D eigenvalue weighted by molar-refractivity contribution is 0.219. The average molecular weight is 268 g/mol. The van der Waals surface area contributed by atoms with E-state index in [1.54, 1.807) is 6.07 Å². The predicted octanol–water partition coefficient (Wildman–Crippen LogP) is 3.69. The maximum Gasteiger partial charge on any atom is 0.159 e. The zero-order valence-electron chi connectivity index (χ0n) is 11.3. The van der Waals surface area contributed by atoms with Crippen LogP contribution in [0.15, 0.2) is 18.2 Å². The van der Waals surface area contributed by atoms with Crippen molar-refractivity contribution in [2.24, 2.45) is 17.7 Å². The van der Waals surface area contributed by atoms with Crippen LogP contribution < -0.4 is 11.3 Å². The highest BCUT2D eigenvalue weighted by Gasteiger charge is 2.27. The van der Waals surface area contributed by atoms with E-state index in [0.29, 0.717) is 5.92 Å². The molecule has 106 valence electrons. The number of nitrogens with two attached hydrogens (primary N) is 1. The fraction of sp³-hybridized carbons (Fsp3) is 0.600. The van der Waals surface area contributed by atoms with E-state index < -0.39 is 11.6 Å². The maximum absolute atomic E-state index is 13.3. The Labute approximate surface area is 113 Å². The highest BCUT2D eigenvalue weighted by atomic mass is 19.2. The van der Waals surface area contributed by atoms with E-state index in [9.17, 15) is 8.78 Å². The molecule has 0 aliphatic heterocycles. The van der Waals surface area contributed by atoms with Crippen LogP contribution in [0.3, 0.4) is 0 Å². The number of nitrogens with one attached hydrogen (secondary N) is 1. The van der Waals surface area contributed by atoms with Crippen LogP contribution in [0.5, 0.6) is 0 Å². The topological polar surface area (TPSA) is 38.0 Å². The van der Waals surface area contributed by atoms with Crippen LogP contribution in [0.4, 0.5) is 8.78 Å². The highest BCUT2D eigenvalue weighted by molar-refractivity contribution is 5.22. The lowest BCUT2D eigenvalue weighted by atomic mass is 9.76. The van der Waals surface area contributed by atoms with E-state index in [0.717, 1.165) is 24.3 Å². The Balaban J connectivity index is 2.09. The van der Waals surface area contributed by atoms with Crippen molar-refractivity contribution in [3.63, 3.8) is 0 Å². The minimum atomic E-state index is -0.811. The van der Waals surface area contributed by atoms with Crippen LogP contribution in [-0.2, 0) is 0 Å². The van der Waals surface area contributed by atoms with Gasteiger partial charge in [0.2, 0.25) is 0 Å². The molecule has 1 fully saturated rings. The molecular weight excluding hydrogens is 246 g/mol. The Bertz CT molecular complexity index is 415. The monoisotopic (exact) mass is 268 g/mol. The van der Waals surface area contributed by atoms with Crippen molar-refractivity contribution in [2.45, 2.75) is 45.1 Å². The second-order valence-corrected chi connectivity index (χ2v) is 5.51. The smallest absolute Gasteiger partial charge is 0.159 e. The van der Waals surface area contributed by atoms with Gasteiger partial charge in [-0.25, -0.2) is 8.78 Å². The molecule has 0 heterocycles. The Morgan fingerprint density at radius 1 is 1.21 bits per heavy atom. The third-order valence-corrected chi connectivity index (χ3v) is 4.42. The number of hydrazine groups is 1. The Kier molecular flexibility index (Phi) is 4.88. The van der Waals surface area contributed by atoms with Gasteiger partial charge >= 0.3 is 0 Å². The quantitative estimate of drug-likeness (QED) is 0.645. The van der Waals surface area contributed by atoms with Gasteiger partial charge in [0.25, 0.3) is 0 Å². The molecule has 3 N–H and O–H groups in total. The molecule has 1 saturated carbocycles. The Morgan fingerprint density at radius 3 is 2.42 bits per heavy atom. The molecule has 1 aliphatic carbocycles. The summed E-state index contributed by atoms with van der Waals surface area (Å²) in [7, 11) is 0. The third-order valence-electron chi connectivity index (χ3n) is 4.42. The molecule has 0 spiro atoms. The first-order chi connectivity index (χ1) is 9.15. The number of rotatable bonds is 4. The van der Waals surface area contributed by atoms with Crippen molar-refractivity contribution in [3.05, 3.63) is 35.4 Å². The highest BCUT2D eigenvalue weighted by Crippen LogP contribution is 2.37. The molecule has 2 rings (SSSR count). The second kappa shape index (κ2) is 6.44. The van der Waals surface area contributed by atoms with Gasteiger partial charge in [0.05, 0.1) is 0 Å². The number of hydrogen-bond donors (Lipinski definition) is 2. The molecule has 4 heteroatoms. The molecule has 0 saturated heterocycles. The zero-order chi connectivity index (χ0) is 13.8. The van der Waals surface area contributed by atoms with Crippen molar-refractivity contribution in [1.29, 1.82) is 0 Å². The van der Waals surface area contributed by atoms with Gasteiger partial charge in [-0.15, -0.1) is 0 Å². The number of hydrogen-bond acceptors (Lipinski definition) is 2. The molecule has 1 atom stereocenters. The minimum Gasteiger partial charge on any atom is -0.271 e. The van der Waals surface area contributed by atoms with E-state index in [1.165, 1.54) is 31.4 Å². The van der Waals surface area contributed by atoms with Gasteiger partial charge in [0.1, 0.15) is 0 Å². The van der Waals surface area contributed by atoms with Gasteiger partial charge in [0, 0.05) is 6.04 Å². The van der Waals surface area contributed by atoms with Gasteiger partial charge in [-0.3, -0.25) is 11.3 Å². The summed E-state index contributed by atoms with van der Waals surface area (Å²) in [5.41, 5.74) is 3.52. The van der Waals surface area contributed by atoms with Crippen LogP contribution in [-0.4, -0.2) is 0 Å². The van der Waals surface area contributed by atoms with E-state index >= 15 is 0 Å². The molecule has 19 heavy (non-hydrogen) atoms. The first-order valence-corrected chi connectivity index (χ1v) is 7.06. The van der Waals surface area contributed by atoms with E-state index in [-0.39, 0.29) is 6.04 Å². The third kappa shape index (κ3) is 3.31. The SMILES string of the molecule is CCC1CCC(C(NN)c2ccc(F)c(F)c2)CC1. The van der Waals surface area contributed by atoms with Gasteiger partial charge in [-0.2, -0.15) is 0 Å². The van der Waals surface area contributed by atoms with Crippen LogP contribution in [0.25, 0.3) is 0 Å². The number of benzene rings is 1. The molecule has 0 aromatic heterocycles. The van der Waals surface area contributed by atoms with Crippen molar-refractivity contribution in [3.8, 4) is 0 Å². The molecule has 0 amide bonds. The average Bonchev–Trinajstić information content (AvgIpc) is 2.44. The Morgan fingerprint density at radius 2 is 1.89 bits per heavy atom. The summed E-state index contributed by atoms with van der Waals surface area (Å²) in [5.74, 6) is 5.21. The predicted molar refractivity (Wildman–Crippen MR) is 72.2 cm³/mol. The van der Waals surface area contributed by atoms with Crippen molar-refractivity contribution < 1.29 is 8.78 Å². The molecule has 2 nitrogen and oxygen atoms in total. The second-order valence-electron chi connectivity index (χ2n) is 5.51. The molecule has 0 radical (unpaired) electrons. The van der Waals surface area contributed by atoms with Crippen molar-refractivity contribution in [1.82, 2.24) is 5.43 Å². The largest absolute Gasteiger partial charge is 0.271 e. The van der Waals surface area contributed by atoms with E-state index in [4.69, 9.17) is 5.84 Å². The standard InChI is InChI=1S/C15H22F2N2/c1-2-10-3-5-11(6-4-10)15(19-18)12-7-8-13(16)14(17)9-12/h7-11,15,19H,2-6,18H2,1H3. The summed E-state index contributed by atoms with van der Waals surface area (Å²) < 4.78 is 26.3. The van der Waals surface area contributed by atoms with Gasteiger partial charge < -0.3 is 0 Å². The van der Waals surface area contributed by atoms with E-state index in [1.807, 2.05) is 0 Å². The fourth-order valence-electron chi connectivity index (χ4n) is 3.14. The van der Waals surface area contributed by atoms with Gasteiger partial charge in [-0.05, 0) is 42.4 Å². The molecule has 0 bridgehead atoms. The first-order valence-electron chi connectivity index (χ1n) is 7.06. The summed E-state index contributed by atoms with van der Waals surface area (Å²) in [6.45, 7) is 2.22. The number of halogens is 2. The summed E-state index contributed by atoms with van der Waals surface area (Å²) in [5, 5.41) is 0. The van der Waals surface area contributed by atoms with E-state index in [2.05, 4.69) is 12.3 Å². The fourth-order valence-corrected chi connectivity index (χ4v) is 3.14. The lowest BCUT2D eigenvalue weighted by Crippen LogP contribution is -2.35. The van der Waals surface area contributed by atoms with Gasteiger partial charge in [0.15, 0.2) is 11.6 Å². The summed E-state index contributed by atoms with van der Waals surface area (Å²) >= 11 is 0. The zero-order valence-corrected chi connectivity index (χ0v) is 11.3. The molecular formula is C15H22F2N2. The molecule has 1 aromatic rings. The minimum absolute atomic E-state index is 0.0899. The summed E-state index contributed by atoms with van der Waals surface area (Å²) in [4.78, 5) is 0. The summed E-state index contributed by atoms with van der Waals surface area (Å²) in [6.07, 6.45) is 5.80. The van der Waals surface area contributed by atoms with Gasteiger partial charge in [-0.1, -0.05) is 32.3 Å². The molecule has 1 unspecified atom stereocenters.